The highest BCUT2D eigenvalue weighted by Crippen LogP contribution is 2.27. The van der Waals surface area contributed by atoms with Crippen molar-refractivity contribution in [1.29, 1.82) is 0 Å². The average Bonchev–Trinajstić information content (AvgIpc) is 2.42. The van der Waals surface area contributed by atoms with Crippen LogP contribution in [-0.4, -0.2) is 33.4 Å². The minimum Gasteiger partial charge on any atom is -0.384 e. The number of hydrogen-bond donors (Lipinski definition) is 1. The lowest BCUT2D eigenvalue weighted by Crippen LogP contribution is -2.37. The lowest BCUT2D eigenvalue weighted by atomic mass is 9.98. The summed E-state index contributed by atoms with van der Waals surface area (Å²) in [6.07, 6.45) is 3.31. The van der Waals surface area contributed by atoms with E-state index >= 15 is 0 Å². The van der Waals surface area contributed by atoms with Crippen molar-refractivity contribution in [3.63, 3.8) is 0 Å². The first-order chi connectivity index (χ1) is 9.24. The molecule has 0 amide bonds. The number of methoxy groups -OCH3 is 1. The quantitative estimate of drug-likeness (QED) is 0.902. The molecule has 1 atom stereocenters. The molecule has 1 saturated heterocycles. The lowest BCUT2D eigenvalue weighted by molar-refractivity contribution is 0.143. The Morgan fingerprint density at radius 2 is 2.32 bits per heavy atom. The Labute approximate surface area is 120 Å². The molecule has 1 aromatic rings. The standard InChI is InChI=1S/C15H23ClN2O/c1-19-11-12-3-2-8-18(10-12)14-5-4-13(6-7-17)15(16)9-14/h4-5,9,12H,2-3,6-8,10-11,17H2,1H3. The Hall–Kier alpha value is -0.770. The molecule has 3 nitrogen and oxygen atoms in total. The van der Waals surface area contributed by atoms with Crippen molar-refractivity contribution in [2.75, 3.05) is 38.3 Å². The number of anilines is 1. The van der Waals surface area contributed by atoms with Crippen LogP contribution in [0.1, 0.15) is 18.4 Å². The van der Waals surface area contributed by atoms with E-state index < -0.39 is 0 Å². The molecule has 2 rings (SSSR count). The van der Waals surface area contributed by atoms with Crippen LogP contribution >= 0.6 is 11.6 Å². The Bertz CT molecular complexity index is 409. The molecule has 0 saturated carbocycles. The second kappa shape index (κ2) is 7.13. The average molecular weight is 283 g/mol. The van der Waals surface area contributed by atoms with Gasteiger partial charge in [0.2, 0.25) is 0 Å². The molecular formula is C15H23ClN2O. The Kier molecular flexibility index (Phi) is 5.49. The number of halogens is 1. The summed E-state index contributed by atoms with van der Waals surface area (Å²) < 4.78 is 5.27. The van der Waals surface area contributed by atoms with Gasteiger partial charge in [0, 0.05) is 30.9 Å². The van der Waals surface area contributed by atoms with Crippen LogP contribution in [0.2, 0.25) is 5.02 Å². The largest absolute Gasteiger partial charge is 0.384 e. The molecule has 0 aliphatic carbocycles. The third kappa shape index (κ3) is 3.85. The van der Waals surface area contributed by atoms with E-state index in [0.29, 0.717) is 12.5 Å². The highest BCUT2D eigenvalue weighted by atomic mass is 35.5. The monoisotopic (exact) mass is 282 g/mol. The summed E-state index contributed by atoms with van der Waals surface area (Å²) in [6, 6.07) is 6.33. The number of nitrogens with two attached hydrogens (primary N) is 1. The normalized spacial score (nSPS) is 19.7. The third-order valence-electron chi connectivity index (χ3n) is 3.74. The summed E-state index contributed by atoms with van der Waals surface area (Å²) in [5.41, 5.74) is 7.93. The highest BCUT2D eigenvalue weighted by molar-refractivity contribution is 6.31. The fraction of sp³-hybridized carbons (Fsp3) is 0.600. The van der Waals surface area contributed by atoms with E-state index in [1.807, 2.05) is 0 Å². The van der Waals surface area contributed by atoms with Gasteiger partial charge in [-0.1, -0.05) is 17.7 Å². The molecule has 0 bridgehead atoms. The van der Waals surface area contributed by atoms with Crippen molar-refractivity contribution in [2.45, 2.75) is 19.3 Å². The van der Waals surface area contributed by atoms with Gasteiger partial charge in [-0.15, -0.1) is 0 Å². The minimum atomic E-state index is 0.626. The number of hydrogen-bond acceptors (Lipinski definition) is 3. The summed E-state index contributed by atoms with van der Waals surface area (Å²) in [6.45, 7) is 3.64. The van der Waals surface area contributed by atoms with Crippen LogP contribution < -0.4 is 10.6 Å². The first kappa shape index (κ1) is 14.6. The van der Waals surface area contributed by atoms with E-state index in [9.17, 15) is 0 Å². The van der Waals surface area contributed by atoms with Crippen LogP contribution in [0.25, 0.3) is 0 Å². The number of nitrogens with zero attached hydrogens (tertiary/aromatic N) is 1. The zero-order valence-electron chi connectivity index (χ0n) is 11.6. The van der Waals surface area contributed by atoms with Crippen LogP contribution in [0.5, 0.6) is 0 Å². The van der Waals surface area contributed by atoms with Gasteiger partial charge in [-0.2, -0.15) is 0 Å². The smallest absolute Gasteiger partial charge is 0.0507 e. The summed E-state index contributed by atoms with van der Waals surface area (Å²) in [7, 11) is 1.78. The highest BCUT2D eigenvalue weighted by Gasteiger charge is 2.20. The minimum absolute atomic E-state index is 0.626. The number of piperidine rings is 1. The van der Waals surface area contributed by atoms with Crippen molar-refractivity contribution in [2.24, 2.45) is 11.7 Å². The predicted molar refractivity (Wildman–Crippen MR) is 81.0 cm³/mol. The molecule has 0 spiro atoms. The maximum atomic E-state index is 6.32. The zero-order chi connectivity index (χ0) is 13.7. The van der Waals surface area contributed by atoms with Crippen LogP contribution in [0, 0.1) is 5.92 Å². The molecule has 19 heavy (non-hydrogen) atoms. The molecule has 1 fully saturated rings. The molecule has 1 aliphatic heterocycles. The van der Waals surface area contributed by atoms with Gasteiger partial charge in [-0.3, -0.25) is 0 Å². The van der Waals surface area contributed by atoms with Crippen LogP contribution in [-0.2, 0) is 11.2 Å². The maximum absolute atomic E-state index is 6.32. The van der Waals surface area contributed by atoms with E-state index in [4.69, 9.17) is 22.1 Å². The lowest BCUT2D eigenvalue weighted by Gasteiger charge is -2.34. The van der Waals surface area contributed by atoms with Gasteiger partial charge >= 0.3 is 0 Å². The molecule has 4 heteroatoms. The van der Waals surface area contributed by atoms with E-state index in [2.05, 4.69) is 23.1 Å². The molecular weight excluding hydrogens is 260 g/mol. The second-order valence-corrected chi connectivity index (χ2v) is 5.63. The van der Waals surface area contributed by atoms with Crippen molar-refractivity contribution in [3.05, 3.63) is 28.8 Å². The summed E-state index contributed by atoms with van der Waals surface area (Å²) >= 11 is 6.32. The summed E-state index contributed by atoms with van der Waals surface area (Å²) in [5, 5.41) is 0.830. The topological polar surface area (TPSA) is 38.5 Å². The van der Waals surface area contributed by atoms with Crippen molar-refractivity contribution >= 4 is 17.3 Å². The summed E-state index contributed by atoms with van der Waals surface area (Å²) in [4.78, 5) is 2.41. The van der Waals surface area contributed by atoms with E-state index in [1.165, 1.54) is 18.5 Å². The molecule has 1 aliphatic rings. The van der Waals surface area contributed by atoms with Gasteiger partial charge in [-0.25, -0.2) is 0 Å². The number of rotatable bonds is 5. The van der Waals surface area contributed by atoms with E-state index in [0.717, 1.165) is 36.7 Å². The molecule has 1 heterocycles. The van der Waals surface area contributed by atoms with Crippen LogP contribution in [0.3, 0.4) is 0 Å². The van der Waals surface area contributed by atoms with E-state index in [1.54, 1.807) is 7.11 Å². The Morgan fingerprint density at radius 1 is 1.47 bits per heavy atom. The first-order valence-corrected chi connectivity index (χ1v) is 7.34. The SMILES string of the molecule is COCC1CCCN(c2ccc(CCN)c(Cl)c2)C1. The van der Waals surface area contributed by atoms with Gasteiger partial charge in [0.1, 0.15) is 0 Å². The molecule has 2 N–H and O–H groups in total. The molecule has 1 aromatic carbocycles. The third-order valence-corrected chi connectivity index (χ3v) is 4.09. The van der Waals surface area contributed by atoms with Crippen molar-refractivity contribution in [1.82, 2.24) is 0 Å². The number of benzene rings is 1. The molecule has 1 unspecified atom stereocenters. The van der Waals surface area contributed by atoms with Gasteiger partial charge in [0.25, 0.3) is 0 Å². The van der Waals surface area contributed by atoms with E-state index in [-0.39, 0.29) is 0 Å². The fourth-order valence-electron chi connectivity index (χ4n) is 2.76. The predicted octanol–water partition coefficient (Wildman–Crippen LogP) is 2.70. The van der Waals surface area contributed by atoms with Crippen LogP contribution in [0.4, 0.5) is 5.69 Å². The Balaban J connectivity index is 2.06. The van der Waals surface area contributed by atoms with Crippen molar-refractivity contribution in [3.8, 4) is 0 Å². The van der Waals surface area contributed by atoms with Gasteiger partial charge in [0.15, 0.2) is 0 Å². The van der Waals surface area contributed by atoms with Gasteiger partial charge in [0.05, 0.1) is 6.61 Å². The molecule has 106 valence electrons. The summed E-state index contributed by atoms with van der Waals surface area (Å²) in [5.74, 6) is 0.626. The second-order valence-electron chi connectivity index (χ2n) is 5.22. The number of ether oxygens (including phenoxy) is 1. The van der Waals surface area contributed by atoms with Crippen LogP contribution in [0.15, 0.2) is 18.2 Å². The molecule has 0 radical (unpaired) electrons. The zero-order valence-corrected chi connectivity index (χ0v) is 12.3. The molecule has 0 aromatic heterocycles. The fourth-order valence-corrected chi connectivity index (χ4v) is 3.03. The van der Waals surface area contributed by atoms with Gasteiger partial charge < -0.3 is 15.4 Å². The first-order valence-electron chi connectivity index (χ1n) is 6.97. The van der Waals surface area contributed by atoms with Gasteiger partial charge in [-0.05, 0) is 49.4 Å². The maximum Gasteiger partial charge on any atom is 0.0507 e. The van der Waals surface area contributed by atoms with Crippen molar-refractivity contribution < 1.29 is 4.74 Å². The Morgan fingerprint density at radius 3 is 3.00 bits per heavy atom.